The van der Waals surface area contributed by atoms with E-state index in [9.17, 15) is 4.79 Å². The standard InChI is InChI=1S/C17H17NO2/c1-12-6-8-13(9-7-12)17(19)18-15-10-11-20-16-5-3-2-4-14(15)16/h2-9,15H,10-11H2,1H3,(H,18,19)/t15-/m0/s1. The minimum Gasteiger partial charge on any atom is -0.493 e. The number of aryl methyl sites for hydroxylation is 1. The molecule has 0 aromatic heterocycles. The first-order chi connectivity index (χ1) is 9.74. The molecule has 102 valence electrons. The van der Waals surface area contributed by atoms with Gasteiger partial charge in [0.1, 0.15) is 5.75 Å². The molecular weight excluding hydrogens is 250 g/mol. The number of fused-ring (bicyclic) bond motifs is 1. The minimum atomic E-state index is -0.0355. The summed E-state index contributed by atoms with van der Waals surface area (Å²) in [5.74, 6) is 0.833. The highest BCUT2D eigenvalue weighted by molar-refractivity contribution is 5.94. The summed E-state index contributed by atoms with van der Waals surface area (Å²) in [6, 6.07) is 15.5. The molecule has 0 radical (unpaired) electrons. The number of hydrogen-bond donors (Lipinski definition) is 1. The van der Waals surface area contributed by atoms with E-state index in [1.54, 1.807) is 0 Å². The number of amides is 1. The van der Waals surface area contributed by atoms with Gasteiger partial charge in [0.15, 0.2) is 0 Å². The SMILES string of the molecule is Cc1ccc(C(=O)N[C@H]2CCOc3ccccc32)cc1. The lowest BCUT2D eigenvalue weighted by Gasteiger charge is -2.26. The molecule has 3 nitrogen and oxygen atoms in total. The van der Waals surface area contributed by atoms with E-state index in [1.807, 2.05) is 55.5 Å². The van der Waals surface area contributed by atoms with Gasteiger partial charge in [-0.05, 0) is 25.1 Å². The molecule has 1 atom stereocenters. The van der Waals surface area contributed by atoms with E-state index in [2.05, 4.69) is 5.32 Å². The van der Waals surface area contributed by atoms with Gasteiger partial charge in [-0.15, -0.1) is 0 Å². The van der Waals surface area contributed by atoms with Crippen LogP contribution in [0.25, 0.3) is 0 Å². The van der Waals surface area contributed by atoms with Crippen LogP contribution in [0.5, 0.6) is 5.75 Å². The van der Waals surface area contributed by atoms with Crippen LogP contribution in [-0.2, 0) is 0 Å². The fourth-order valence-electron chi connectivity index (χ4n) is 2.44. The quantitative estimate of drug-likeness (QED) is 0.907. The predicted octanol–water partition coefficient (Wildman–Crippen LogP) is 3.25. The molecule has 0 spiro atoms. The van der Waals surface area contributed by atoms with Gasteiger partial charge in [0.2, 0.25) is 0 Å². The number of hydrogen-bond acceptors (Lipinski definition) is 2. The average molecular weight is 267 g/mol. The largest absolute Gasteiger partial charge is 0.493 e. The van der Waals surface area contributed by atoms with Crippen LogP contribution < -0.4 is 10.1 Å². The number of ether oxygens (including phenoxy) is 1. The third-order valence-electron chi connectivity index (χ3n) is 3.58. The van der Waals surface area contributed by atoms with Gasteiger partial charge in [-0.2, -0.15) is 0 Å². The van der Waals surface area contributed by atoms with Crippen molar-refractivity contribution in [2.24, 2.45) is 0 Å². The molecule has 1 aliphatic rings. The van der Waals surface area contributed by atoms with Gasteiger partial charge in [-0.3, -0.25) is 4.79 Å². The number of benzene rings is 2. The second-order valence-corrected chi connectivity index (χ2v) is 5.07. The van der Waals surface area contributed by atoms with Crippen molar-refractivity contribution in [3.8, 4) is 5.75 Å². The van der Waals surface area contributed by atoms with E-state index in [1.165, 1.54) is 0 Å². The molecule has 3 rings (SSSR count). The zero-order valence-corrected chi connectivity index (χ0v) is 11.4. The van der Waals surface area contributed by atoms with E-state index >= 15 is 0 Å². The molecule has 0 saturated heterocycles. The van der Waals surface area contributed by atoms with Crippen molar-refractivity contribution in [3.63, 3.8) is 0 Å². The van der Waals surface area contributed by atoms with Crippen LogP contribution in [0.2, 0.25) is 0 Å². The summed E-state index contributed by atoms with van der Waals surface area (Å²) in [7, 11) is 0. The summed E-state index contributed by atoms with van der Waals surface area (Å²) in [5.41, 5.74) is 2.90. The number of carbonyl (C=O) groups is 1. The highest BCUT2D eigenvalue weighted by Crippen LogP contribution is 2.31. The first-order valence-electron chi connectivity index (χ1n) is 6.83. The van der Waals surface area contributed by atoms with Gasteiger partial charge in [-0.1, -0.05) is 35.9 Å². The molecule has 0 saturated carbocycles. The lowest BCUT2D eigenvalue weighted by molar-refractivity contribution is 0.0925. The van der Waals surface area contributed by atoms with Crippen LogP contribution in [0.15, 0.2) is 48.5 Å². The molecule has 2 aromatic rings. The van der Waals surface area contributed by atoms with Gasteiger partial charge in [-0.25, -0.2) is 0 Å². The third-order valence-corrected chi connectivity index (χ3v) is 3.58. The molecule has 1 amide bonds. The Hall–Kier alpha value is -2.29. The van der Waals surface area contributed by atoms with E-state index in [0.29, 0.717) is 12.2 Å². The summed E-state index contributed by atoms with van der Waals surface area (Å²) >= 11 is 0. The van der Waals surface area contributed by atoms with Gasteiger partial charge in [0, 0.05) is 17.5 Å². The van der Waals surface area contributed by atoms with Crippen molar-refractivity contribution in [1.82, 2.24) is 5.32 Å². The number of carbonyl (C=O) groups excluding carboxylic acids is 1. The Morgan fingerprint density at radius 1 is 1.15 bits per heavy atom. The Morgan fingerprint density at radius 2 is 1.90 bits per heavy atom. The molecule has 1 heterocycles. The highest BCUT2D eigenvalue weighted by Gasteiger charge is 2.22. The van der Waals surface area contributed by atoms with E-state index in [-0.39, 0.29) is 11.9 Å². The highest BCUT2D eigenvalue weighted by atomic mass is 16.5. The lowest BCUT2D eigenvalue weighted by atomic mass is 10.00. The van der Waals surface area contributed by atoms with Gasteiger partial charge < -0.3 is 10.1 Å². The average Bonchev–Trinajstić information content (AvgIpc) is 2.48. The molecule has 0 bridgehead atoms. The van der Waals surface area contributed by atoms with Gasteiger partial charge in [0.25, 0.3) is 5.91 Å². The fourth-order valence-corrected chi connectivity index (χ4v) is 2.44. The van der Waals surface area contributed by atoms with Gasteiger partial charge >= 0.3 is 0 Å². The van der Waals surface area contributed by atoms with Crippen LogP contribution in [0.3, 0.4) is 0 Å². The fraction of sp³-hybridized carbons (Fsp3) is 0.235. The van der Waals surface area contributed by atoms with Gasteiger partial charge in [0.05, 0.1) is 12.6 Å². The number of nitrogens with one attached hydrogen (secondary N) is 1. The normalized spacial score (nSPS) is 16.9. The van der Waals surface area contributed by atoms with Crippen LogP contribution in [0.4, 0.5) is 0 Å². The zero-order chi connectivity index (χ0) is 13.9. The smallest absolute Gasteiger partial charge is 0.251 e. The number of para-hydroxylation sites is 1. The Labute approximate surface area is 118 Å². The molecule has 3 heteroatoms. The second kappa shape index (κ2) is 5.37. The summed E-state index contributed by atoms with van der Waals surface area (Å²) in [6.45, 7) is 2.65. The van der Waals surface area contributed by atoms with E-state index in [4.69, 9.17) is 4.74 Å². The van der Waals surface area contributed by atoms with Crippen LogP contribution >= 0.6 is 0 Å². The maximum Gasteiger partial charge on any atom is 0.251 e. The summed E-state index contributed by atoms with van der Waals surface area (Å²) in [6.07, 6.45) is 0.800. The lowest BCUT2D eigenvalue weighted by Crippen LogP contribution is -2.32. The van der Waals surface area contributed by atoms with Crippen molar-refractivity contribution < 1.29 is 9.53 Å². The number of rotatable bonds is 2. The van der Waals surface area contributed by atoms with E-state index < -0.39 is 0 Å². The van der Waals surface area contributed by atoms with Crippen molar-refractivity contribution in [3.05, 3.63) is 65.2 Å². The van der Waals surface area contributed by atoms with Crippen LogP contribution in [0, 0.1) is 6.92 Å². The van der Waals surface area contributed by atoms with E-state index in [0.717, 1.165) is 23.3 Å². The summed E-state index contributed by atoms with van der Waals surface area (Å²) in [4.78, 5) is 12.3. The second-order valence-electron chi connectivity index (χ2n) is 5.07. The molecule has 0 unspecified atom stereocenters. The molecule has 0 aliphatic carbocycles. The Balaban J connectivity index is 1.79. The van der Waals surface area contributed by atoms with Crippen LogP contribution in [0.1, 0.15) is 33.9 Å². The maximum atomic E-state index is 12.3. The van der Waals surface area contributed by atoms with Crippen LogP contribution in [-0.4, -0.2) is 12.5 Å². The summed E-state index contributed by atoms with van der Waals surface area (Å²) < 4.78 is 5.61. The molecule has 0 fully saturated rings. The first-order valence-corrected chi connectivity index (χ1v) is 6.83. The molecule has 1 N–H and O–H groups in total. The predicted molar refractivity (Wildman–Crippen MR) is 77.9 cm³/mol. The van der Waals surface area contributed by atoms with Crippen molar-refractivity contribution in [2.75, 3.05) is 6.61 Å². The minimum absolute atomic E-state index is 0.0220. The first kappa shape index (κ1) is 12.7. The van der Waals surface area contributed by atoms with Crippen molar-refractivity contribution >= 4 is 5.91 Å². The Kier molecular flexibility index (Phi) is 3.42. The Morgan fingerprint density at radius 3 is 2.70 bits per heavy atom. The molecule has 20 heavy (non-hydrogen) atoms. The monoisotopic (exact) mass is 267 g/mol. The third kappa shape index (κ3) is 2.52. The molecular formula is C17H17NO2. The topological polar surface area (TPSA) is 38.3 Å². The molecule has 2 aromatic carbocycles. The maximum absolute atomic E-state index is 12.3. The van der Waals surface area contributed by atoms with Crippen molar-refractivity contribution in [2.45, 2.75) is 19.4 Å². The van der Waals surface area contributed by atoms with Crippen molar-refractivity contribution in [1.29, 1.82) is 0 Å². The Bertz CT molecular complexity index is 619. The summed E-state index contributed by atoms with van der Waals surface area (Å²) in [5, 5.41) is 3.09. The zero-order valence-electron chi connectivity index (χ0n) is 11.4. The molecule has 1 aliphatic heterocycles.